The number of carbonyl (C=O) groups is 1. The van der Waals surface area contributed by atoms with E-state index in [9.17, 15) is 9.59 Å². The van der Waals surface area contributed by atoms with Crippen molar-refractivity contribution in [2.24, 2.45) is 0 Å². The molecule has 1 amide bonds. The van der Waals surface area contributed by atoms with Crippen molar-refractivity contribution >= 4 is 28.6 Å². The second-order valence-corrected chi connectivity index (χ2v) is 8.22. The molecule has 0 aliphatic heterocycles. The molecule has 0 aliphatic rings. The van der Waals surface area contributed by atoms with Gasteiger partial charge in [-0.1, -0.05) is 42.1 Å². The average Bonchev–Trinajstić information content (AvgIpc) is 2.87. The normalized spacial score (nSPS) is 10.7. The molecule has 0 atom stereocenters. The van der Waals surface area contributed by atoms with E-state index in [-0.39, 0.29) is 17.2 Å². The highest BCUT2D eigenvalue weighted by atomic mass is 32.2. The Kier molecular flexibility index (Phi) is 7.83. The Morgan fingerprint density at radius 1 is 0.941 bits per heavy atom. The molecule has 174 valence electrons. The average molecular weight is 476 g/mol. The third-order valence-corrected chi connectivity index (χ3v) is 5.86. The van der Waals surface area contributed by atoms with Gasteiger partial charge in [0.15, 0.2) is 5.16 Å². The predicted octanol–water partition coefficient (Wildman–Crippen LogP) is 4.07. The molecule has 4 aromatic rings. The smallest absolute Gasteiger partial charge is 0.266 e. The number of benzene rings is 3. The highest BCUT2D eigenvalue weighted by molar-refractivity contribution is 7.99. The van der Waals surface area contributed by atoms with Gasteiger partial charge in [0.1, 0.15) is 18.1 Å². The van der Waals surface area contributed by atoms with Crippen LogP contribution in [0.4, 0.5) is 0 Å². The minimum Gasteiger partial charge on any atom is -0.494 e. The van der Waals surface area contributed by atoms with Crippen LogP contribution in [0.25, 0.3) is 16.6 Å². The standard InChI is InChI=1S/C26H25N3O4S/c1-2-32-20-12-14-21(15-13-20)33-17-16-27-24(30)18-34-26-28-23-11-7-6-10-22(23)25(31)29(26)19-8-4-3-5-9-19/h3-15H,2,16-18H2,1H3,(H,27,30). The molecular weight excluding hydrogens is 450 g/mol. The van der Waals surface area contributed by atoms with Gasteiger partial charge in [0, 0.05) is 0 Å². The molecule has 1 N–H and O–H groups in total. The summed E-state index contributed by atoms with van der Waals surface area (Å²) in [5.41, 5.74) is 1.15. The lowest BCUT2D eigenvalue weighted by Crippen LogP contribution is -2.30. The molecule has 0 saturated heterocycles. The van der Waals surface area contributed by atoms with Crippen LogP contribution in [0.1, 0.15) is 6.92 Å². The van der Waals surface area contributed by atoms with E-state index in [1.54, 1.807) is 16.7 Å². The zero-order valence-corrected chi connectivity index (χ0v) is 19.6. The fourth-order valence-electron chi connectivity index (χ4n) is 3.35. The molecule has 3 aromatic carbocycles. The van der Waals surface area contributed by atoms with Crippen molar-refractivity contribution < 1.29 is 14.3 Å². The van der Waals surface area contributed by atoms with Gasteiger partial charge in [-0.2, -0.15) is 0 Å². The second-order valence-electron chi connectivity index (χ2n) is 7.28. The van der Waals surface area contributed by atoms with E-state index in [1.807, 2.05) is 73.7 Å². The van der Waals surface area contributed by atoms with Crippen molar-refractivity contribution in [3.8, 4) is 17.2 Å². The molecule has 0 bridgehead atoms. The number of hydrogen-bond donors (Lipinski definition) is 1. The van der Waals surface area contributed by atoms with Crippen molar-refractivity contribution in [1.82, 2.24) is 14.9 Å². The maximum absolute atomic E-state index is 13.2. The summed E-state index contributed by atoms with van der Waals surface area (Å²) >= 11 is 1.22. The van der Waals surface area contributed by atoms with Gasteiger partial charge in [-0.3, -0.25) is 14.2 Å². The Balaban J connectivity index is 1.37. The van der Waals surface area contributed by atoms with Crippen LogP contribution >= 0.6 is 11.8 Å². The monoisotopic (exact) mass is 475 g/mol. The lowest BCUT2D eigenvalue weighted by Gasteiger charge is -2.13. The zero-order valence-electron chi connectivity index (χ0n) is 18.8. The van der Waals surface area contributed by atoms with Crippen LogP contribution in [0.2, 0.25) is 0 Å². The van der Waals surface area contributed by atoms with E-state index in [1.165, 1.54) is 11.8 Å². The summed E-state index contributed by atoms with van der Waals surface area (Å²) in [5.74, 6) is 1.46. The molecule has 0 saturated carbocycles. The summed E-state index contributed by atoms with van der Waals surface area (Å²) in [7, 11) is 0. The van der Waals surface area contributed by atoms with Gasteiger partial charge in [0.05, 0.1) is 35.5 Å². The summed E-state index contributed by atoms with van der Waals surface area (Å²) < 4.78 is 12.6. The van der Waals surface area contributed by atoms with Gasteiger partial charge in [0.2, 0.25) is 5.91 Å². The molecular formula is C26H25N3O4S. The lowest BCUT2D eigenvalue weighted by atomic mass is 10.2. The van der Waals surface area contributed by atoms with Crippen molar-refractivity contribution in [2.45, 2.75) is 12.1 Å². The number of fused-ring (bicyclic) bond motifs is 1. The maximum atomic E-state index is 13.2. The van der Waals surface area contributed by atoms with Crippen molar-refractivity contribution in [2.75, 3.05) is 25.5 Å². The van der Waals surface area contributed by atoms with E-state index < -0.39 is 0 Å². The molecule has 1 aromatic heterocycles. The second kappa shape index (κ2) is 11.4. The predicted molar refractivity (Wildman–Crippen MR) is 134 cm³/mol. The van der Waals surface area contributed by atoms with Gasteiger partial charge in [-0.25, -0.2) is 4.98 Å². The third-order valence-electron chi connectivity index (χ3n) is 4.92. The van der Waals surface area contributed by atoms with Crippen LogP contribution < -0.4 is 20.3 Å². The quantitative estimate of drug-likeness (QED) is 0.212. The van der Waals surface area contributed by atoms with E-state index in [0.717, 1.165) is 5.75 Å². The molecule has 34 heavy (non-hydrogen) atoms. The summed E-state index contributed by atoms with van der Waals surface area (Å²) in [4.78, 5) is 30.3. The maximum Gasteiger partial charge on any atom is 0.266 e. The highest BCUT2D eigenvalue weighted by Gasteiger charge is 2.14. The number of carbonyl (C=O) groups excluding carboxylic acids is 1. The lowest BCUT2D eigenvalue weighted by molar-refractivity contribution is -0.118. The first-order valence-corrected chi connectivity index (χ1v) is 12.0. The van der Waals surface area contributed by atoms with Crippen molar-refractivity contribution in [1.29, 1.82) is 0 Å². The molecule has 7 nitrogen and oxygen atoms in total. The number of amides is 1. The van der Waals surface area contributed by atoms with Crippen molar-refractivity contribution in [3.05, 3.63) is 89.2 Å². The number of hydrogen-bond acceptors (Lipinski definition) is 6. The van der Waals surface area contributed by atoms with Crippen LogP contribution in [0.3, 0.4) is 0 Å². The number of rotatable bonds is 10. The van der Waals surface area contributed by atoms with Crippen LogP contribution in [-0.4, -0.2) is 41.0 Å². The zero-order chi connectivity index (χ0) is 23.8. The first kappa shape index (κ1) is 23.4. The molecule has 1 heterocycles. The fourth-order valence-corrected chi connectivity index (χ4v) is 4.20. The van der Waals surface area contributed by atoms with Gasteiger partial charge in [-0.15, -0.1) is 0 Å². The van der Waals surface area contributed by atoms with Gasteiger partial charge >= 0.3 is 0 Å². The number of thioether (sulfide) groups is 1. The Labute approximate surface area is 201 Å². The summed E-state index contributed by atoms with van der Waals surface area (Å²) in [6.07, 6.45) is 0. The first-order valence-electron chi connectivity index (χ1n) is 11.0. The van der Waals surface area contributed by atoms with Gasteiger partial charge in [0.25, 0.3) is 5.56 Å². The molecule has 0 aliphatic carbocycles. The number of ether oxygens (including phenoxy) is 2. The SMILES string of the molecule is CCOc1ccc(OCCNC(=O)CSc2nc3ccccc3c(=O)n2-c2ccccc2)cc1. The van der Waals surface area contributed by atoms with Gasteiger partial charge in [-0.05, 0) is 55.5 Å². The van der Waals surface area contributed by atoms with Crippen LogP contribution in [0.15, 0.2) is 88.8 Å². The molecule has 0 radical (unpaired) electrons. The summed E-state index contributed by atoms with van der Waals surface area (Å²) in [6.45, 7) is 3.25. The number of nitrogens with zero attached hydrogens (tertiary/aromatic N) is 2. The van der Waals surface area contributed by atoms with Crippen molar-refractivity contribution in [3.63, 3.8) is 0 Å². The van der Waals surface area contributed by atoms with Gasteiger partial charge < -0.3 is 14.8 Å². The Bertz CT molecular complexity index is 1310. The Morgan fingerprint density at radius 2 is 1.62 bits per heavy atom. The van der Waals surface area contributed by atoms with E-state index in [4.69, 9.17) is 9.47 Å². The molecule has 0 unspecified atom stereocenters. The van der Waals surface area contributed by atoms with Crippen LogP contribution in [0, 0.1) is 0 Å². The fraction of sp³-hybridized carbons (Fsp3) is 0.192. The highest BCUT2D eigenvalue weighted by Crippen LogP contribution is 2.21. The topological polar surface area (TPSA) is 82.5 Å². The molecule has 8 heteroatoms. The minimum absolute atomic E-state index is 0.126. The summed E-state index contributed by atoms with van der Waals surface area (Å²) in [6, 6.07) is 23.9. The number of nitrogens with one attached hydrogen (secondary N) is 1. The third kappa shape index (κ3) is 5.77. The Morgan fingerprint density at radius 3 is 2.35 bits per heavy atom. The first-order chi connectivity index (χ1) is 16.7. The van der Waals surface area contributed by atoms with E-state index in [0.29, 0.717) is 47.3 Å². The largest absolute Gasteiger partial charge is 0.494 e. The summed E-state index contributed by atoms with van der Waals surface area (Å²) in [5, 5.41) is 3.84. The molecule has 0 fully saturated rings. The minimum atomic E-state index is -0.165. The molecule has 4 rings (SSSR count). The molecule has 0 spiro atoms. The number of aromatic nitrogens is 2. The number of para-hydroxylation sites is 2. The van der Waals surface area contributed by atoms with Crippen LogP contribution in [0.5, 0.6) is 11.5 Å². The van der Waals surface area contributed by atoms with Crippen LogP contribution in [-0.2, 0) is 4.79 Å². The Hall–Kier alpha value is -3.78. The van der Waals surface area contributed by atoms with E-state index in [2.05, 4.69) is 10.3 Å². The van der Waals surface area contributed by atoms with E-state index >= 15 is 0 Å².